The maximum absolute atomic E-state index is 5.25. The molecule has 0 unspecified atom stereocenters. The van der Waals surface area contributed by atoms with Crippen LogP contribution in [-0.2, 0) is 0 Å². The highest BCUT2D eigenvalue weighted by Gasteiger charge is 2.15. The summed E-state index contributed by atoms with van der Waals surface area (Å²) in [7, 11) is 0. The van der Waals surface area contributed by atoms with Gasteiger partial charge >= 0.3 is 0 Å². The second-order valence-corrected chi connectivity index (χ2v) is 16.6. The minimum Gasteiger partial charge on any atom is -0.247 e. The zero-order valence-electron chi connectivity index (χ0n) is 35.9. The Labute approximate surface area is 383 Å². The van der Waals surface area contributed by atoms with Crippen molar-refractivity contribution in [2.45, 2.75) is 0 Å². The van der Waals surface area contributed by atoms with Crippen molar-refractivity contribution in [1.82, 2.24) is 19.9 Å². The highest BCUT2D eigenvalue weighted by molar-refractivity contribution is 6.14. The van der Waals surface area contributed by atoms with Gasteiger partial charge in [0, 0.05) is 33.0 Å². The van der Waals surface area contributed by atoms with Crippen LogP contribution in [0.4, 0.5) is 0 Å². The lowest BCUT2D eigenvalue weighted by molar-refractivity contribution is 1.07. The van der Waals surface area contributed by atoms with Gasteiger partial charge < -0.3 is 0 Å². The fourth-order valence-corrected chi connectivity index (χ4v) is 9.00. The third-order valence-electron chi connectivity index (χ3n) is 12.6. The van der Waals surface area contributed by atoms with Crippen molar-refractivity contribution in [1.29, 1.82) is 0 Å². The van der Waals surface area contributed by atoms with E-state index in [1.165, 1.54) is 32.7 Å². The van der Waals surface area contributed by atoms with Crippen LogP contribution >= 0.6 is 0 Å². The molecule has 0 amide bonds. The van der Waals surface area contributed by atoms with Gasteiger partial charge in [0.25, 0.3) is 0 Å². The highest BCUT2D eigenvalue weighted by atomic mass is 15.0. The molecule has 0 radical (unpaired) electrons. The van der Waals surface area contributed by atoms with Crippen molar-refractivity contribution in [3.63, 3.8) is 0 Å². The van der Waals surface area contributed by atoms with Crippen molar-refractivity contribution in [2.24, 2.45) is 0 Å². The summed E-state index contributed by atoms with van der Waals surface area (Å²) in [6.07, 6.45) is 0. The van der Waals surface area contributed by atoms with E-state index >= 15 is 0 Å². The number of aromatic nitrogens is 4. The van der Waals surface area contributed by atoms with E-state index in [9.17, 15) is 0 Å². The summed E-state index contributed by atoms with van der Waals surface area (Å²) < 4.78 is 0. The quantitative estimate of drug-likeness (QED) is 0.113. The lowest BCUT2D eigenvalue weighted by atomic mass is 9.96. The van der Waals surface area contributed by atoms with Gasteiger partial charge in [-0.2, -0.15) is 0 Å². The summed E-state index contributed by atoms with van der Waals surface area (Å²) in [5.74, 6) is 1.88. The molecule has 10 aromatic carbocycles. The second kappa shape index (κ2) is 16.7. The number of pyridine rings is 1. The standard InChI is InChI=1S/C62H40N4/c1-3-11-41(12-4-1)43-25-33-50(34-26-43)60-64-61(51-35-27-44(28-36-51)42-13-5-2-6-14-42)66-62(65-60)52-37-29-48(30-38-52)46-21-19-45(20-22-46)47-23-31-49(32-24-47)59-56-18-10-9-17-55(56)57-39-53-15-7-8-16-54(53)40-58(57)63-59/h1-40H. The van der Waals surface area contributed by atoms with Gasteiger partial charge in [-0.25, -0.2) is 19.9 Å². The summed E-state index contributed by atoms with van der Waals surface area (Å²) in [4.78, 5) is 20.4. The fraction of sp³-hybridized carbons (Fsp3) is 0. The summed E-state index contributed by atoms with van der Waals surface area (Å²) >= 11 is 0. The van der Waals surface area contributed by atoms with Crippen LogP contribution in [-0.4, -0.2) is 19.9 Å². The van der Waals surface area contributed by atoms with Crippen LogP contribution in [0, 0.1) is 0 Å². The van der Waals surface area contributed by atoms with Gasteiger partial charge in [0.05, 0.1) is 11.2 Å². The maximum Gasteiger partial charge on any atom is 0.164 e. The first-order chi connectivity index (χ1) is 32.7. The van der Waals surface area contributed by atoms with Crippen LogP contribution in [0.2, 0.25) is 0 Å². The van der Waals surface area contributed by atoms with E-state index in [2.05, 4.69) is 231 Å². The molecule has 66 heavy (non-hydrogen) atoms. The van der Waals surface area contributed by atoms with Crippen LogP contribution < -0.4 is 0 Å². The first kappa shape index (κ1) is 38.8. The Bertz CT molecular complexity index is 3580. The van der Waals surface area contributed by atoms with Gasteiger partial charge in [0.1, 0.15) is 0 Å². The van der Waals surface area contributed by atoms with E-state index in [0.717, 1.165) is 72.2 Å². The number of hydrogen-bond donors (Lipinski definition) is 0. The van der Waals surface area contributed by atoms with Crippen molar-refractivity contribution in [3.8, 4) is 89.9 Å². The Morgan fingerprint density at radius 2 is 0.500 bits per heavy atom. The molecule has 0 atom stereocenters. The predicted molar refractivity (Wildman–Crippen MR) is 274 cm³/mol. The van der Waals surface area contributed by atoms with Gasteiger partial charge in [0.15, 0.2) is 17.5 Å². The first-order valence-electron chi connectivity index (χ1n) is 22.3. The number of fused-ring (bicyclic) bond motifs is 4. The number of rotatable bonds is 8. The second-order valence-electron chi connectivity index (χ2n) is 16.6. The summed E-state index contributed by atoms with van der Waals surface area (Å²) in [6, 6.07) is 85.4. The minimum atomic E-state index is 0.625. The van der Waals surface area contributed by atoms with Gasteiger partial charge in [-0.1, -0.05) is 231 Å². The molecule has 12 rings (SSSR count). The average molecular weight is 841 g/mol. The minimum absolute atomic E-state index is 0.625. The molecule has 0 saturated heterocycles. The molecule has 2 aromatic heterocycles. The van der Waals surface area contributed by atoms with Crippen LogP contribution in [0.15, 0.2) is 243 Å². The lowest BCUT2D eigenvalue weighted by Gasteiger charge is -2.12. The largest absolute Gasteiger partial charge is 0.247 e. The number of nitrogens with zero attached hydrogens (tertiary/aromatic N) is 4. The van der Waals surface area contributed by atoms with Crippen LogP contribution in [0.1, 0.15) is 0 Å². The van der Waals surface area contributed by atoms with E-state index in [4.69, 9.17) is 19.9 Å². The molecule has 0 aliphatic carbocycles. The molecule has 4 heteroatoms. The molecule has 0 N–H and O–H groups in total. The Kier molecular flexibility index (Phi) is 9.81. The Morgan fingerprint density at radius 1 is 0.197 bits per heavy atom. The molecule has 0 bridgehead atoms. The van der Waals surface area contributed by atoms with E-state index in [-0.39, 0.29) is 0 Å². The molecule has 2 heterocycles. The zero-order chi connectivity index (χ0) is 43.8. The molecule has 0 aliphatic heterocycles. The zero-order valence-corrected chi connectivity index (χ0v) is 35.9. The molecular weight excluding hydrogens is 801 g/mol. The average Bonchev–Trinajstić information content (AvgIpc) is 3.41. The van der Waals surface area contributed by atoms with Crippen LogP contribution in [0.3, 0.4) is 0 Å². The SMILES string of the molecule is c1ccc(-c2ccc(-c3nc(-c4ccc(-c5ccccc5)cc4)nc(-c4ccc(-c5ccc(-c6ccc(-c7nc8cc9ccccc9cc8c8ccccc78)cc6)cc5)cc4)n3)cc2)cc1. The molecule has 0 saturated carbocycles. The van der Waals surface area contributed by atoms with E-state index in [1.807, 2.05) is 12.1 Å². The normalized spacial score (nSPS) is 11.3. The van der Waals surface area contributed by atoms with Gasteiger partial charge in [-0.3, -0.25) is 0 Å². The first-order valence-corrected chi connectivity index (χ1v) is 22.3. The monoisotopic (exact) mass is 840 g/mol. The molecule has 308 valence electrons. The van der Waals surface area contributed by atoms with Crippen molar-refractivity contribution < 1.29 is 0 Å². The van der Waals surface area contributed by atoms with Crippen LogP contribution in [0.25, 0.3) is 122 Å². The van der Waals surface area contributed by atoms with Crippen LogP contribution in [0.5, 0.6) is 0 Å². The fourth-order valence-electron chi connectivity index (χ4n) is 9.00. The summed E-state index contributed by atoms with van der Waals surface area (Å²) in [5.41, 5.74) is 15.1. The van der Waals surface area contributed by atoms with Crippen molar-refractivity contribution in [3.05, 3.63) is 243 Å². The molecule has 12 aromatic rings. The van der Waals surface area contributed by atoms with E-state index in [1.54, 1.807) is 0 Å². The Hall–Kier alpha value is -8.86. The van der Waals surface area contributed by atoms with Gasteiger partial charge in [-0.15, -0.1) is 0 Å². The van der Waals surface area contributed by atoms with Gasteiger partial charge in [-0.05, 0) is 72.8 Å². The van der Waals surface area contributed by atoms with Gasteiger partial charge in [0.2, 0.25) is 0 Å². The smallest absolute Gasteiger partial charge is 0.164 e. The molecule has 0 spiro atoms. The van der Waals surface area contributed by atoms with Crippen molar-refractivity contribution >= 4 is 32.4 Å². The maximum atomic E-state index is 5.25. The summed E-state index contributed by atoms with van der Waals surface area (Å²) in [6.45, 7) is 0. The molecule has 4 nitrogen and oxygen atoms in total. The topological polar surface area (TPSA) is 51.6 Å². The number of hydrogen-bond acceptors (Lipinski definition) is 4. The summed E-state index contributed by atoms with van der Waals surface area (Å²) in [5, 5.41) is 5.97. The van der Waals surface area contributed by atoms with E-state index < -0.39 is 0 Å². The van der Waals surface area contributed by atoms with Crippen molar-refractivity contribution in [2.75, 3.05) is 0 Å². The molecular formula is C62H40N4. The predicted octanol–water partition coefficient (Wildman–Crippen LogP) is 16.1. The number of benzene rings is 10. The third kappa shape index (κ3) is 7.47. The lowest BCUT2D eigenvalue weighted by Crippen LogP contribution is -2.00. The Balaban J connectivity index is 0.825. The third-order valence-corrected chi connectivity index (χ3v) is 12.6. The Morgan fingerprint density at radius 3 is 0.909 bits per heavy atom. The highest BCUT2D eigenvalue weighted by Crippen LogP contribution is 2.36. The molecule has 0 fully saturated rings. The van der Waals surface area contributed by atoms with E-state index in [0.29, 0.717) is 17.5 Å². The molecule has 0 aliphatic rings.